The second kappa shape index (κ2) is 11.4. The second-order valence-corrected chi connectivity index (χ2v) is 167. The van der Waals surface area contributed by atoms with Crippen LogP contribution in [0, 0.1) is 0 Å². The monoisotopic (exact) mass is 790 g/mol. The first kappa shape index (κ1) is 43.7. The zero-order chi connectivity index (χ0) is 34.5. The van der Waals surface area contributed by atoms with Crippen LogP contribution in [0.1, 0.15) is 0 Å². The fourth-order valence-electron chi connectivity index (χ4n) is 10.7. The van der Waals surface area contributed by atoms with Gasteiger partial charge in [-0.15, -0.1) is 0 Å². The van der Waals surface area contributed by atoms with Crippen LogP contribution in [0.3, 0.4) is 0 Å². The van der Waals surface area contributed by atoms with Gasteiger partial charge < -0.3 is 14.4 Å². The summed E-state index contributed by atoms with van der Waals surface area (Å²) in [5.41, 5.74) is 0. The van der Waals surface area contributed by atoms with Gasteiger partial charge in [0.2, 0.25) is 0 Å². The summed E-state index contributed by atoms with van der Waals surface area (Å²) in [6.45, 7) is 54.4. The Balaban J connectivity index is 9.13. The van der Waals surface area contributed by atoms with Gasteiger partial charge in [-0.3, -0.25) is 0 Å². The molecular formula is C25H78O3Si13. The Bertz CT molecular complexity index is 791. The lowest BCUT2D eigenvalue weighted by Gasteiger charge is -2.72. The zero-order valence-corrected chi connectivity index (χ0v) is 45.8. The molecule has 0 bridgehead atoms. The molecule has 3 nitrogen and oxygen atoms in total. The normalized spacial score (nSPS) is 20.8. The van der Waals surface area contributed by atoms with E-state index in [0.717, 1.165) is 0 Å². The Morgan fingerprint density at radius 1 is 0.195 bits per heavy atom. The highest BCUT2D eigenvalue weighted by molar-refractivity contribution is 8.22. The molecule has 0 rings (SSSR count). The fraction of sp³-hybridized carbons (Fsp3) is 1.00. The van der Waals surface area contributed by atoms with Crippen molar-refractivity contribution in [2.75, 3.05) is 0 Å². The number of rotatable bonds is 12. The third-order valence-electron chi connectivity index (χ3n) is 14.8. The van der Waals surface area contributed by atoms with Crippen LogP contribution in [0.5, 0.6) is 0 Å². The summed E-state index contributed by atoms with van der Waals surface area (Å²) in [4.78, 5) is 42.8. The lowest BCUT2D eigenvalue weighted by molar-refractivity contribution is 0.566. The van der Waals surface area contributed by atoms with E-state index in [0.29, 0.717) is 0 Å². The average molecular weight is 792 g/mol. The van der Waals surface area contributed by atoms with E-state index < -0.39 is 94.1 Å². The van der Waals surface area contributed by atoms with Crippen LogP contribution in [-0.2, 0) is 0 Å². The standard InChI is InChI=1S/C25H78O3Si13/c1-29(2,3)38(22,30(4,5)6)35(19,26)41(25,36(20,27)39(23,31(7,8)9)32(10,11)12)37(21,28)40(24,33(13,14)15)34(16,17)18/h26-28H,1-25H3/t35-,36-,37-/m0/s1. The van der Waals surface area contributed by atoms with Crippen LogP contribution >= 0.6 is 0 Å². The van der Waals surface area contributed by atoms with Crippen molar-refractivity contribution in [2.24, 2.45) is 0 Å². The van der Waals surface area contributed by atoms with Gasteiger partial charge in [-0.2, -0.15) is 0 Å². The maximum atomic E-state index is 14.3. The van der Waals surface area contributed by atoms with Gasteiger partial charge in [0.1, 0.15) is 6.63 Å². The maximum absolute atomic E-state index is 14.3. The molecule has 16 heteroatoms. The average Bonchev–Trinajstić information content (AvgIpc) is 2.64. The van der Waals surface area contributed by atoms with E-state index >= 15 is 0 Å². The lowest BCUT2D eigenvalue weighted by Crippen LogP contribution is -3.08. The fourth-order valence-corrected chi connectivity index (χ4v) is 520. The number of hydrogen-bond acceptors (Lipinski definition) is 3. The molecule has 0 fully saturated rings. The van der Waals surface area contributed by atoms with Crippen LogP contribution in [0.4, 0.5) is 0 Å². The smallest absolute Gasteiger partial charge is 0.156 e. The van der Waals surface area contributed by atoms with Crippen molar-refractivity contribution < 1.29 is 14.4 Å². The minimum Gasteiger partial charge on any atom is -0.438 e. The summed E-state index contributed by atoms with van der Waals surface area (Å²) < 4.78 is 0. The SMILES string of the molecule is C[Si](C)(C)[Si](C)([Si](C)(C)C)[Si@](C)(O)[Si](C)([Si@@](C)(O)[Si](C)([Si](C)(C)C)[Si](C)(C)C)[Si@@](C)(O)[Si](C)([Si](C)(C)C)[Si](C)(C)C. The van der Waals surface area contributed by atoms with Crippen LogP contribution in [-0.4, -0.2) is 108 Å². The molecule has 0 radical (unpaired) electrons. The third kappa shape index (κ3) is 5.77. The summed E-state index contributed by atoms with van der Waals surface area (Å²) in [5.74, 6) is 0. The largest absolute Gasteiger partial charge is 0.438 e. The van der Waals surface area contributed by atoms with Crippen molar-refractivity contribution in [1.82, 2.24) is 0 Å². The van der Waals surface area contributed by atoms with Crippen molar-refractivity contribution >= 4 is 94.1 Å². The number of hydrogen-bond donors (Lipinski definition) is 3. The first-order valence-corrected chi connectivity index (χ1v) is 66.5. The Morgan fingerprint density at radius 2 is 0.293 bits per heavy atom. The van der Waals surface area contributed by atoms with Gasteiger partial charge in [-0.25, -0.2) is 0 Å². The van der Waals surface area contributed by atoms with E-state index in [1.807, 2.05) is 0 Å². The summed E-state index contributed by atoms with van der Waals surface area (Å²) in [6, 6.07) is 0. The van der Waals surface area contributed by atoms with Crippen LogP contribution in [0.15, 0.2) is 0 Å². The van der Waals surface area contributed by atoms with Gasteiger partial charge >= 0.3 is 0 Å². The minimum atomic E-state index is -3.10. The Morgan fingerprint density at radius 3 is 0.366 bits per heavy atom. The van der Waals surface area contributed by atoms with E-state index in [-0.39, 0.29) is 0 Å². The molecule has 0 aromatic heterocycles. The lowest BCUT2D eigenvalue weighted by atomic mass is 11.8. The highest BCUT2D eigenvalue weighted by Gasteiger charge is 2.86. The summed E-state index contributed by atoms with van der Waals surface area (Å²) in [5, 5.41) is 0. The molecule has 0 amide bonds. The van der Waals surface area contributed by atoms with E-state index in [1.54, 1.807) is 0 Å². The van der Waals surface area contributed by atoms with Crippen molar-refractivity contribution in [3.05, 3.63) is 0 Å². The molecule has 0 saturated carbocycles. The van der Waals surface area contributed by atoms with Gasteiger partial charge in [-0.1, -0.05) is 164 Å². The predicted molar refractivity (Wildman–Crippen MR) is 228 cm³/mol. The van der Waals surface area contributed by atoms with Crippen LogP contribution in [0.2, 0.25) is 164 Å². The maximum Gasteiger partial charge on any atom is 0.156 e. The Hall–Kier alpha value is 2.70. The molecule has 41 heavy (non-hydrogen) atoms. The molecule has 0 aromatic rings. The highest BCUT2D eigenvalue weighted by Crippen LogP contribution is 2.53. The molecule has 0 saturated heterocycles. The summed E-state index contributed by atoms with van der Waals surface area (Å²) >= 11 is 0. The first-order valence-electron chi connectivity index (χ1n) is 16.2. The van der Waals surface area contributed by atoms with Crippen molar-refractivity contribution in [3.8, 4) is 0 Å². The van der Waals surface area contributed by atoms with E-state index in [1.165, 1.54) is 0 Å². The second-order valence-electron chi connectivity index (χ2n) is 21.2. The van der Waals surface area contributed by atoms with Gasteiger partial charge in [-0.05, 0) is 0 Å². The molecule has 0 aliphatic heterocycles. The minimum absolute atomic E-state index is 1.81. The van der Waals surface area contributed by atoms with Gasteiger partial charge in [0, 0.05) is 45.5 Å². The van der Waals surface area contributed by atoms with Crippen LogP contribution in [0.25, 0.3) is 0 Å². The van der Waals surface area contributed by atoms with E-state index in [2.05, 4.69) is 164 Å². The highest BCUT2D eigenvalue weighted by atomic mass is 30.4. The molecule has 3 atom stereocenters. The summed E-state index contributed by atoms with van der Waals surface area (Å²) in [7, 11) is -20.1. The molecular weight excluding hydrogens is 713 g/mol. The quantitative estimate of drug-likeness (QED) is 0.176. The molecule has 0 heterocycles. The van der Waals surface area contributed by atoms with Gasteiger partial charge in [0.15, 0.2) is 22.1 Å². The van der Waals surface area contributed by atoms with Gasteiger partial charge in [0.25, 0.3) is 0 Å². The Labute approximate surface area is 270 Å². The molecule has 0 aliphatic carbocycles. The Kier molecular flexibility index (Phi) is 12.2. The molecule has 0 unspecified atom stereocenters. The molecule has 0 aliphatic rings. The third-order valence-corrected chi connectivity index (χ3v) is 321. The first-order chi connectivity index (χ1) is 17.0. The zero-order valence-electron chi connectivity index (χ0n) is 32.8. The van der Waals surface area contributed by atoms with E-state index in [4.69, 9.17) is 0 Å². The topological polar surface area (TPSA) is 60.7 Å². The van der Waals surface area contributed by atoms with Gasteiger partial charge in [0.05, 0.1) is 19.9 Å². The molecule has 248 valence electrons. The molecule has 0 spiro atoms. The van der Waals surface area contributed by atoms with Crippen LogP contribution < -0.4 is 0 Å². The summed E-state index contributed by atoms with van der Waals surface area (Å²) in [6.07, 6.45) is 0. The van der Waals surface area contributed by atoms with Crippen molar-refractivity contribution in [2.45, 2.75) is 164 Å². The van der Waals surface area contributed by atoms with E-state index in [9.17, 15) is 14.4 Å². The molecule has 3 N–H and O–H groups in total. The predicted octanol–water partition coefficient (Wildman–Crippen LogP) is 7.97. The molecule has 0 aromatic carbocycles. The van der Waals surface area contributed by atoms with Crippen molar-refractivity contribution in [1.29, 1.82) is 0 Å². The van der Waals surface area contributed by atoms with Crippen molar-refractivity contribution in [3.63, 3.8) is 0 Å².